The fourth-order valence-electron chi connectivity index (χ4n) is 3.80. The summed E-state index contributed by atoms with van der Waals surface area (Å²) < 4.78 is 46.7. The summed E-state index contributed by atoms with van der Waals surface area (Å²) in [4.78, 5) is 22.1. The number of anilines is 1. The van der Waals surface area contributed by atoms with Gasteiger partial charge in [0.15, 0.2) is 28.0 Å². The molecule has 4 heterocycles. The van der Waals surface area contributed by atoms with Crippen molar-refractivity contribution in [1.29, 1.82) is 0 Å². The quantitative estimate of drug-likeness (QED) is 0.299. The first-order valence-electron chi connectivity index (χ1n) is 11.5. The van der Waals surface area contributed by atoms with Gasteiger partial charge < -0.3 is 14.2 Å². The molecule has 12 nitrogen and oxygen atoms in total. The SMILES string of the molecule is CCOc1cccc(-c2nc3ncc(NS(=O)(=O)c4ccccn4)nc3n2-c2c(OC)cccc2OC)n1. The Morgan fingerprint density at radius 1 is 0.895 bits per heavy atom. The highest BCUT2D eigenvalue weighted by atomic mass is 32.2. The summed E-state index contributed by atoms with van der Waals surface area (Å²) in [5.74, 6) is 1.69. The van der Waals surface area contributed by atoms with E-state index in [-0.39, 0.29) is 22.1 Å². The number of benzene rings is 1. The van der Waals surface area contributed by atoms with Crippen molar-refractivity contribution in [3.63, 3.8) is 0 Å². The Morgan fingerprint density at radius 2 is 1.66 bits per heavy atom. The molecule has 0 radical (unpaired) electrons. The highest BCUT2D eigenvalue weighted by Gasteiger charge is 2.25. The zero-order chi connectivity index (χ0) is 26.7. The molecule has 4 aromatic heterocycles. The molecular formula is C25H23N7O5S. The van der Waals surface area contributed by atoms with Gasteiger partial charge in [-0.3, -0.25) is 9.29 Å². The van der Waals surface area contributed by atoms with E-state index in [1.54, 1.807) is 53.1 Å². The number of aromatic nitrogens is 6. The highest BCUT2D eigenvalue weighted by Crippen LogP contribution is 2.38. The summed E-state index contributed by atoms with van der Waals surface area (Å²) in [6.07, 6.45) is 2.68. The number of pyridine rings is 2. The van der Waals surface area contributed by atoms with E-state index in [1.165, 1.54) is 32.7 Å². The minimum atomic E-state index is -4.01. The number of rotatable bonds is 9. The van der Waals surface area contributed by atoms with Gasteiger partial charge in [0.25, 0.3) is 10.0 Å². The number of methoxy groups -OCH3 is 2. The molecule has 0 amide bonds. The maximum atomic E-state index is 12.9. The number of ether oxygens (including phenoxy) is 3. The van der Waals surface area contributed by atoms with Crippen LogP contribution in [0.4, 0.5) is 5.82 Å². The van der Waals surface area contributed by atoms with Crippen LogP contribution in [0.1, 0.15) is 6.92 Å². The average molecular weight is 534 g/mol. The molecule has 13 heteroatoms. The van der Waals surface area contributed by atoms with Crippen LogP contribution in [0.5, 0.6) is 17.4 Å². The van der Waals surface area contributed by atoms with E-state index in [0.29, 0.717) is 41.2 Å². The molecule has 0 fully saturated rings. The monoisotopic (exact) mass is 533 g/mol. The predicted molar refractivity (Wildman–Crippen MR) is 139 cm³/mol. The van der Waals surface area contributed by atoms with E-state index in [4.69, 9.17) is 14.2 Å². The second kappa shape index (κ2) is 10.3. The maximum Gasteiger partial charge on any atom is 0.280 e. The van der Waals surface area contributed by atoms with Gasteiger partial charge in [-0.25, -0.2) is 24.9 Å². The second-order valence-corrected chi connectivity index (χ2v) is 9.38. The van der Waals surface area contributed by atoms with E-state index >= 15 is 0 Å². The van der Waals surface area contributed by atoms with Crippen molar-refractivity contribution >= 4 is 27.1 Å². The van der Waals surface area contributed by atoms with Crippen LogP contribution >= 0.6 is 0 Å². The van der Waals surface area contributed by atoms with Crippen LogP contribution in [0.2, 0.25) is 0 Å². The van der Waals surface area contributed by atoms with Crippen LogP contribution in [0.15, 0.2) is 72.0 Å². The zero-order valence-electron chi connectivity index (χ0n) is 20.7. The number of imidazole rings is 1. The topological polar surface area (TPSA) is 143 Å². The first-order valence-corrected chi connectivity index (χ1v) is 12.9. The molecule has 5 rings (SSSR count). The Hall–Kier alpha value is -4.78. The third-order valence-electron chi connectivity index (χ3n) is 5.39. The summed E-state index contributed by atoms with van der Waals surface area (Å²) in [7, 11) is -0.952. The van der Waals surface area contributed by atoms with Crippen LogP contribution < -0.4 is 18.9 Å². The number of fused-ring (bicyclic) bond motifs is 1. The lowest BCUT2D eigenvalue weighted by Crippen LogP contribution is -2.15. The van der Waals surface area contributed by atoms with Gasteiger partial charge >= 0.3 is 0 Å². The molecule has 0 aliphatic rings. The summed E-state index contributed by atoms with van der Waals surface area (Å²) in [6, 6.07) is 15.2. The molecule has 0 unspecified atom stereocenters. The lowest BCUT2D eigenvalue weighted by atomic mass is 10.2. The molecule has 0 saturated heterocycles. The number of nitrogens with one attached hydrogen (secondary N) is 1. The van der Waals surface area contributed by atoms with Crippen LogP contribution in [-0.4, -0.2) is 58.7 Å². The van der Waals surface area contributed by atoms with Gasteiger partial charge in [-0.2, -0.15) is 8.42 Å². The van der Waals surface area contributed by atoms with Crippen LogP contribution in [0.25, 0.3) is 28.5 Å². The lowest BCUT2D eigenvalue weighted by Gasteiger charge is -2.16. The smallest absolute Gasteiger partial charge is 0.280 e. The second-order valence-electron chi connectivity index (χ2n) is 7.75. The van der Waals surface area contributed by atoms with Gasteiger partial charge in [-0.15, -0.1) is 0 Å². The molecule has 0 aliphatic heterocycles. The Bertz CT molecular complexity index is 1690. The first-order chi connectivity index (χ1) is 18.4. The van der Waals surface area contributed by atoms with E-state index in [9.17, 15) is 8.42 Å². The largest absolute Gasteiger partial charge is 0.494 e. The average Bonchev–Trinajstić information content (AvgIpc) is 3.31. The van der Waals surface area contributed by atoms with Gasteiger partial charge in [0.05, 0.1) is 27.0 Å². The van der Waals surface area contributed by atoms with Crippen molar-refractivity contribution < 1.29 is 22.6 Å². The first kappa shape index (κ1) is 24.9. The van der Waals surface area contributed by atoms with Crippen molar-refractivity contribution in [3.05, 3.63) is 67.0 Å². The summed E-state index contributed by atoms with van der Waals surface area (Å²) in [6.45, 7) is 2.31. The maximum absolute atomic E-state index is 12.9. The molecule has 1 aromatic carbocycles. The Morgan fingerprint density at radius 3 is 2.34 bits per heavy atom. The highest BCUT2D eigenvalue weighted by molar-refractivity contribution is 7.92. The van der Waals surface area contributed by atoms with Crippen molar-refractivity contribution in [2.45, 2.75) is 11.9 Å². The third kappa shape index (κ3) is 4.66. The summed E-state index contributed by atoms with van der Waals surface area (Å²) >= 11 is 0. The fourth-order valence-corrected chi connectivity index (χ4v) is 4.74. The Labute approximate surface area is 218 Å². The van der Waals surface area contributed by atoms with Crippen LogP contribution in [0, 0.1) is 0 Å². The van der Waals surface area contributed by atoms with Crippen molar-refractivity contribution in [3.8, 4) is 34.6 Å². The number of hydrogen-bond acceptors (Lipinski definition) is 10. The fraction of sp³-hybridized carbons (Fsp3) is 0.160. The molecule has 0 aliphatic carbocycles. The zero-order valence-corrected chi connectivity index (χ0v) is 21.5. The lowest BCUT2D eigenvalue weighted by molar-refractivity contribution is 0.327. The number of hydrogen-bond donors (Lipinski definition) is 1. The molecule has 0 spiro atoms. The molecule has 38 heavy (non-hydrogen) atoms. The Balaban J connectivity index is 1.75. The molecule has 0 saturated carbocycles. The van der Waals surface area contributed by atoms with E-state index in [0.717, 1.165) is 0 Å². The number of sulfonamides is 1. The van der Waals surface area contributed by atoms with Crippen LogP contribution in [-0.2, 0) is 10.0 Å². The number of nitrogens with zero attached hydrogens (tertiary/aromatic N) is 6. The normalized spacial score (nSPS) is 11.3. The van der Waals surface area contributed by atoms with Gasteiger partial charge in [-0.1, -0.05) is 18.2 Å². The number of para-hydroxylation sites is 1. The minimum Gasteiger partial charge on any atom is -0.494 e. The minimum absolute atomic E-state index is 0.0271. The molecule has 5 aromatic rings. The van der Waals surface area contributed by atoms with E-state index < -0.39 is 10.0 Å². The van der Waals surface area contributed by atoms with E-state index in [2.05, 4.69) is 29.6 Å². The van der Waals surface area contributed by atoms with Gasteiger partial charge in [0, 0.05) is 12.3 Å². The van der Waals surface area contributed by atoms with Crippen molar-refractivity contribution in [2.24, 2.45) is 0 Å². The van der Waals surface area contributed by atoms with Crippen molar-refractivity contribution in [1.82, 2.24) is 29.5 Å². The van der Waals surface area contributed by atoms with Crippen LogP contribution in [0.3, 0.4) is 0 Å². The third-order valence-corrected chi connectivity index (χ3v) is 6.66. The molecule has 1 N–H and O–H groups in total. The molecule has 0 bridgehead atoms. The molecule has 0 atom stereocenters. The molecular weight excluding hydrogens is 510 g/mol. The summed E-state index contributed by atoms with van der Waals surface area (Å²) in [5, 5.41) is -0.153. The van der Waals surface area contributed by atoms with Gasteiger partial charge in [0.1, 0.15) is 22.9 Å². The summed E-state index contributed by atoms with van der Waals surface area (Å²) in [5.41, 5.74) is 1.45. The van der Waals surface area contributed by atoms with Gasteiger partial charge in [-0.05, 0) is 37.3 Å². The predicted octanol–water partition coefficient (Wildman–Crippen LogP) is 3.49. The van der Waals surface area contributed by atoms with E-state index in [1.807, 2.05) is 6.92 Å². The standard InChI is InChI=1S/C25H23N7O5S/c1-4-37-20-12-7-9-16(28-20)24-30-23-25(32(24)22-17(35-2)10-8-11-18(22)36-3)29-19(15-27-23)31-38(33,34)21-13-5-6-14-26-21/h5-15H,4H2,1-3H3,(H,29,31). The van der Waals surface area contributed by atoms with Crippen molar-refractivity contribution in [2.75, 3.05) is 25.5 Å². The molecule has 194 valence electrons. The van der Waals surface area contributed by atoms with Gasteiger partial charge in [0.2, 0.25) is 5.88 Å². The Kier molecular flexibility index (Phi) is 6.75.